The zero-order chi connectivity index (χ0) is 24.7. The highest BCUT2D eigenvalue weighted by atomic mass is 16.5. The van der Waals surface area contributed by atoms with E-state index in [1.165, 1.54) is 23.6 Å². The second-order valence-electron chi connectivity index (χ2n) is 9.66. The van der Waals surface area contributed by atoms with E-state index in [-0.39, 0.29) is 12.0 Å². The number of likely N-dealkylation sites (tertiary alicyclic amines) is 1. The minimum Gasteiger partial charge on any atom is -0.492 e. The zero-order valence-electron chi connectivity index (χ0n) is 20.9. The molecule has 0 aliphatic carbocycles. The van der Waals surface area contributed by atoms with Crippen molar-refractivity contribution in [1.82, 2.24) is 14.8 Å². The molecule has 1 aromatic heterocycles. The molecule has 36 heavy (non-hydrogen) atoms. The van der Waals surface area contributed by atoms with E-state index in [2.05, 4.69) is 50.4 Å². The van der Waals surface area contributed by atoms with Crippen molar-refractivity contribution in [3.8, 4) is 11.5 Å². The molecule has 7 nitrogen and oxygen atoms in total. The van der Waals surface area contributed by atoms with Gasteiger partial charge in [-0.1, -0.05) is 18.2 Å². The molecule has 0 unspecified atom stereocenters. The van der Waals surface area contributed by atoms with E-state index in [1.54, 1.807) is 12.4 Å². The van der Waals surface area contributed by atoms with Crippen molar-refractivity contribution in [2.45, 2.75) is 45.5 Å². The summed E-state index contributed by atoms with van der Waals surface area (Å²) >= 11 is 0. The Balaban J connectivity index is 1.16. The van der Waals surface area contributed by atoms with Crippen molar-refractivity contribution >= 4 is 11.6 Å². The molecule has 2 aliphatic heterocycles. The van der Waals surface area contributed by atoms with Crippen molar-refractivity contribution in [2.75, 3.05) is 31.6 Å². The molecule has 2 aliphatic rings. The highest BCUT2D eigenvalue weighted by Crippen LogP contribution is 2.27. The van der Waals surface area contributed by atoms with Crippen LogP contribution in [0.25, 0.3) is 0 Å². The number of nitrogens with one attached hydrogen (secondary N) is 1. The molecule has 188 valence electrons. The van der Waals surface area contributed by atoms with Gasteiger partial charge in [-0.05, 0) is 60.4 Å². The van der Waals surface area contributed by atoms with Crippen molar-refractivity contribution < 1.29 is 14.3 Å². The van der Waals surface area contributed by atoms with Crippen LogP contribution in [-0.2, 0) is 24.4 Å². The number of fused-ring (bicyclic) bond motifs is 1. The fourth-order valence-corrected chi connectivity index (χ4v) is 4.94. The number of carbonyl (C=O) groups excluding carboxylic acids is 1. The molecule has 1 saturated heterocycles. The molecule has 0 bridgehead atoms. The molecule has 1 fully saturated rings. The van der Waals surface area contributed by atoms with Crippen molar-refractivity contribution in [3.05, 3.63) is 83.7 Å². The predicted octanol–water partition coefficient (Wildman–Crippen LogP) is 4.48. The van der Waals surface area contributed by atoms with Gasteiger partial charge in [0.2, 0.25) is 5.91 Å². The summed E-state index contributed by atoms with van der Waals surface area (Å²) in [5.41, 5.74) is 4.62. The van der Waals surface area contributed by atoms with Crippen LogP contribution in [0.15, 0.2) is 67.0 Å². The molecule has 2 aromatic carbocycles. The van der Waals surface area contributed by atoms with Crippen molar-refractivity contribution in [2.24, 2.45) is 0 Å². The van der Waals surface area contributed by atoms with Gasteiger partial charge in [0.05, 0.1) is 6.20 Å². The van der Waals surface area contributed by atoms with Gasteiger partial charge in [-0.25, -0.2) is 0 Å². The first kappa shape index (κ1) is 24.3. The number of pyridine rings is 1. The van der Waals surface area contributed by atoms with Gasteiger partial charge < -0.3 is 14.8 Å². The normalized spacial score (nSPS) is 17.0. The van der Waals surface area contributed by atoms with E-state index in [9.17, 15) is 4.79 Å². The SMILES string of the molecule is CC(=O)Nc1ccc(CN2CCOc3ccc(CN4CCC(Oc5cccnc5)CC4)cc3C2)cc1. The summed E-state index contributed by atoms with van der Waals surface area (Å²) in [7, 11) is 0. The van der Waals surface area contributed by atoms with Crippen LogP contribution < -0.4 is 14.8 Å². The first-order valence-electron chi connectivity index (χ1n) is 12.7. The molecule has 7 heteroatoms. The van der Waals surface area contributed by atoms with Crippen LogP contribution in [0.4, 0.5) is 5.69 Å². The number of benzene rings is 2. The summed E-state index contributed by atoms with van der Waals surface area (Å²) in [5.74, 6) is 1.79. The third-order valence-corrected chi connectivity index (χ3v) is 6.74. The van der Waals surface area contributed by atoms with Crippen LogP contribution in [0, 0.1) is 0 Å². The summed E-state index contributed by atoms with van der Waals surface area (Å²) in [6.07, 6.45) is 5.86. The van der Waals surface area contributed by atoms with Crippen LogP contribution in [0.5, 0.6) is 11.5 Å². The first-order valence-corrected chi connectivity index (χ1v) is 12.7. The molecule has 0 atom stereocenters. The maximum atomic E-state index is 11.3. The highest BCUT2D eigenvalue weighted by molar-refractivity contribution is 5.88. The van der Waals surface area contributed by atoms with Gasteiger partial charge >= 0.3 is 0 Å². The van der Waals surface area contributed by atoms with E-state index in [4.69, 9.17) is 9.47 Å². The lowest BCUT2D eigenvalue weighted by Crippen LogP contribution is -2.37. The second-order valence-corrected chi connectivity index (χ2v) is 9.66. The summed E-state index contributed by atoms with van der Waals surface area (Å²) in [6.45, 7) is 7.78. The number of anilines is 1. The number of nitrogens with zero attached hydrogens (tertiary/aromatic N) is 3. The Bertz CT molecular complexity index is 1140. The minimum absolute atomic E-state index is 0.0535. The van der Waals surface area contributed by atoms with Gasteiger partial charge in [-0.15, -0.1) is 0 Å². The van der Waals surface area contributed by atoms with E-state index < -0.39 is 0 Å². The van der Waals surface area contributed by atoms with Crippen LogP contribution in [-0.4, -0.2) is 53.0 Å². The van der Waals surface area contributed by atoms with Gasteiger partial charge in [0, 0.05) is 63.6 Å². The van der Waals surface area contributed by atoms with E-state index >= 15 is 0 Å². The Morgan fingerprint density at radius 3 is 2.56 bits per heavy atom. The molecule has 3 aromatic rings. The quantitative estimate of drug-likeness (QED) is 0.531. The van der Waals surface area contributed by atoms with E-state index in [0.29, 0.717) is 6.61 Å². The summed E-state index contributed by atoms with van der Waals surface area (Å²) < 4.78 is 12.2. The average Bonchev–Trinajstić information content (AvgIpc) is 3.08. The number of rotatable bonds is 7. The predicted molar refractivity (Wildman–Crippen MR) is 140 cm³/mol. The largest absolute Gasteiger partial charge is 0.492 e. The average molecular weight is 487 g/mol. The lowest BCUT2D eigenvalue weighted by atomic mass is 10.0. The summed E-state index contributed by atoms with van der Waals surface area (Å²) in [6, 6.07) is 18.6. The number of aromatic nitrogens is 1. The smallest absolute Gasteiger partial charge is 0.221 e. The Kier molecular flexibility index (Phi) is 7.79. The highest BCUT2D eigenvalue weighted by Gasteiger charge is 2.22. The number of carbonyl (C=O) groups is 1. The summed E-state index contributed by atoms with van der Waals surface area (Å²) in [5, 5.41) is 2.83. The lowest BCUT2D eigenvalue weighted by Gasteiger charge is -2.32. The maximum Gasteiger partial charge on any atom is 0.221 e. The molecule has 0 saturated carbocycles. The van der Waals surface area contributed by atoms with Crippen molar-refractivity contribution in [3.63, 3.8) is 0 Å². The van der Waals surface area contributed by atoms with Crippen molar-refractivity contribution in [1.29, 1.82) is 0 Å². The topological polar surface area (TPSA) is 66.9 Å². The van der Waals surface area contributed by atoms with Gasteiger partial charge in [0.15, 0.2) is 0 Å². The Morgan fingerprint density at radius 2 is 1.81 bits per heavy atom. The summed E-state index contributed by atoms with van der Waals surface area (Å²) in [4.78, 5) is 20.3. The number of hydrogen-bond donors (Lipinski definition) is 1. The maximum absolute atomic E-state index is 11.3. The third kappa shape index (κ3) is 6.62. The fraction of sp³-hybridized carbons (Fsp3) is 0.379. The molecule has 5 rings (SSSR count). The molecule has 0 spiro atoms. The molecule has 1 amide bonds. The first-order chi connectivity index (χ1) is 17.6. The lowest BCUT2D eigenvalue weighted by molar-refractivity contribution is -0.114. The third-order valence-electron chi connectivity index (χ3n) is 6.74. The monoisotopic (exact) mass is 486 g/mol. The van der Waals surface area contributed by atoms with Gasteiger partial charge in [-0.3, -0.25) is 19.6 Å². The number of ether oxygens (including phenoxy) is 2. The number of hydrogen-bond acceptors (Lipinski definition) is 6. The standard InChI is InChI=1S/C29H34N4O3/c1-22(34)31-26-7-4-23(5-8-26)19-33-15-16-35-29-9-6-24(17-25(29)21-33)20-32-13-10-27(11-14-32)36-28-3-2-12-30-18-28/h2-9,12,17-18,27H,10-11,13-16,19-21H2,1H3,(H,31,34). The van der Waals surface area contributed by atoms with Gasteiger partial charge in [0.25, 0.3) is 0 Å². The molecular weight excluding hydrogens is 452 g/mol. The minimum atomic E-state index is -0.0535. The Morgan fingerprint density at radius 1 is 1.03 bits per heavy atom. The number of amides is 1. The van der Waals surface area contributed by atoms with E-state index in [1.807, 2.05) is 24.3 Å². The van der Waals surface area contributed by atoms with Crippen LogP contribution in [0.1, 0.15) is 36.5 Å². The van der Waals surface area contributed by atoms with E-state index in [0.717, 1.165) is 69.3 Å². The van der Waals surface area contributed by atoms with Gasteiger partial charge in [0.1, 0.15) is 24.2 Å². The van der Waals surface area contributed by atoms with Gasteiger partial charge in [-0.2, -0.15) is 0 Å². The Hall–Kier alpha value is -3.42. The molecular formula is C29H34N4O3. The number of piperidine rings is 1. The van der Waals surface area contributed by atoms with Crippen LogP contribution in [0.3, 0.4) is 0 Å². The van der Waals surface area contributed by atoms with Crippen LogP contribution in [0.2, 0.25) is 0 Å². The second kappa shape index (κ2) is 11.5. The molecule has 0 radical (unpaired) electrons. The molecule has 1 N–H and O–H groups in total. The van der Waals surface area contributed by atoms with Crippen LogP contribution >= 0.6 is 0 Å². The zero-order valence-corrected chi connectivity index (χ0v) is 20.9. The Labute approximate surface area is 213 Å². The fourth-order valence-electron chi connectivity index (χ4n) is 4.94. The molecule has 3 heterocycles.